The van der Waals surface area contributed by atoms with Crippen LogP contribution >= 0.6 is 0 Å². The molecule has 68 valence electrons. The second-order valence-corrected chi connectivity index (χ2v) is 3.61. The molecule has 1 aliphatic carbocycles. The molecular formula is C8H15N3O. The van der Waals surface area contributed by atoms with Crippen LogP contribution in [0.25, 0.3) is 0 Å². The normalized spacial score (nSPS) is 29.9. The highest BCUT2D eigenvalue weighted by Gasteiger charge is 2.39. The Labute approximate surface area is 72.1 Å². The molecule has 0 radical (unpaired) electrons. The largest absolute Gasteiger partial charge is 0.329 e. The molecule has 1 saturated heterocycles. The van der Waals surface area contributed by atoms with Crippen LogP contribution in [0.5, 0.6) is 0 Å². The highest BCUT2D eigenvalue weighted by atomic mass is 16.2. The summed E-state index contributed by atoms with van der Waals surface area (Å²) < 4.78 is 0. The summed E-state index contributed by atoms with van der Waals surface area (Å²) in [5, 5.41) is 1.67. The number of amides is 1. The molecule has 2 rings (SSSR count). The minimum Gasteiger partial charge on any atom is -0.329 e. The molecule has 0 aromatic heterocycles. The Morgan fingerprint density at radius 3 is 2.92 bits per heavy atom. The summed E-state index contributed by atoms with van der Waals surface area (Å²) in [5.74, 6) is 0.953. The first-order chi connectivity index (χ1) is 5.81. The average molecular weight is 169 g/mol. The van der Waals surface area contributed by atoms with Gasteiger partial charge in [0.15, 0.2) is 0 Å². The average Bonchev–Trinajstić information content (AvgIpc) is 2.80. The summed E-state index contributed by atoms with van der Waals surface area (Å²) in [7, 11) is 0. The van der Waals surface area contributed by atoms with Gasteiger partial charge in [-0.2, -0.15) is 0 Å². The number of nitrogens with one attached hydrogen (secondary N) is 1. The topological polar surface area (TPSA) is 58.4 Å². The molecule has 0 spiro atoms. The van der Waals surface area contributed by atoms with Crippen molar-refractivity contribution in [3.05, 3.63) is 0 Å². The lowest BCUT2D eigenvalue weighted by Crippen LogP contribution is -2.41. The number of hydrogen-bond acceptors (Lipinski definition) is 3. The standard InChI is InChI=1S/C8H15N3O/c9-3-4-11-8(12)5-7(10-11)6-1-2-6/h6-7,10H,1-5,9H2. The first-order valence-electron chi connectivity index (χ1n) is 4.58. The summed E-state index contributed by atoms with van der Waals surface area (Å²) in [4.78, 5) is 11.3. The minimum absolute atomic E-state index is 0.206. The van der Waals surface area contributed by atoms with Crippen LogP contribution in [-0.2, 0) is 4.79 Å². The molecular weight excluding hydrogens is 154 g/mol. The van der Waals surface area contributed by atoms with E-state index in [1.54, 1.807) is 5.01 Å². The smallest absolute Gasteiger partial charge is 0.238 e. The van der Waals surface area contributed by atoms with Gasteiger partial charge in [-0.3, -0.25) is 9.80 Å². The first kappa shape index (κ1) is 8.01. The molecule has 4 heteroatoms. The first-order valence-corrected chi connectivity index (χ1v) is 4.58. The molecule has 2 aliphatic rings. The minimum atomic E-state index is 0.206. The van der Waals surface area contributed by atoms with Gasteiger partial charge in [0, 0.05) is 25.6 Å². The van der Waals surface area contributed by atoms with Crippen LogP contribution < -0.4 is 11.2 Å². The molecule has 0 aromatic carbocycles. The van der Waals surface area contributed by atoms with E-state index >= 15 is 0 Å². The number of rotatable bonds is 3. The second-order valence-electron chi connectivity index (χ2n) is 3.61. The van der Waals surface area contributed by atoms with Crippen LogP contribution in [0.15, 0.2) is 0 Å². The monoisotopic (exact) mass is 169 g/mol. The van der Waals surface area contributed by atoms with Crippen molar-refractivity contribution >= 4 is 5.91 Å². The molecule has 1 amide bonds. The van der Waals surface area contributed by atoms with Gasteiger partial charge in [-0.05, 0) is 18.8 Å². The molecule has 1 unspecified atom stereocenters. The molecule has 1 atom stereocenters. The zero-order chi connectivity index (χ0) is 8.55. The fourth-order valence-corrected chi connectivity index (χ4v) is 1.71. The van der Waals surface area contributed by atoms with E-state index in [1.165, 1.54) is 12.8 Å². The fraction of sp³-hybridized carbons (Fsp3) is 0.875. The van der Waals surface area contributed by atoms with Crippen LogP contribution in [0.1, 0.15) is 19.3 Å². The van der Waals surface area contributed by atoms with Crippen LogP contribution in [0.2, 0.25) is 0 Å². The van der Waals surface area contributed by atoms with E-state index in [1.807, 2.05) is 0 Å². The molecule has 1 aliphatic heterocycles. The Bertz CT molecular complexity index is 191. The van der Waals surface area contributed by atoms with Crippen molar-refractivity contribution in [1.29, 1.82) is 0 Å². The van der Waals surface area contributed by atoms with Crippen molar-refractivity contribution < 1.29 is 4.79 Å². The number of carbonyl (C=O) groups is 1. The molecule has 2 fully saturated rings. The molecule has 1 saturated carbocycles. The summed E-state index contributed by atoms with van der Waals surface area (Å²) in [5.41, 5.74) is 8.58. The highest BCUT2D eigenvalue weighted by Crippen LogP contribution is 2.35. The Morgan fingerprint density at radius 1 is 1.58 bits per heavy atom. The van der Waals surface area contributed by atoms with E-state index in [-0.39, 0.29) is 5.91 Å². The van der Waals surface area contributed by atoms with Crippen molar-refractivity contribution in [2.75, 3.05) is 13.1 Å². The predicted molar refractivity (Wildman–Crippen MR) is 45.0 cm³/mol. The molecule has 4 nitrogen and oxygen atoms in total. The number of nitrogens with zero attached hydrogens (tertiary/aromatic N) is 1. The third-order valence-electron chi connectivity index (χ3n) is 2.56. The van der Waals surface area contributed by atoms with Crippen molar-refractivity contribution in [3.8, 4) is 0 Å². The van der Waals surface area contributed by atoms with E-state index < -0.39 is 0 Å². The van der Waals surface area contributed by atoms with Crippen molar-refractivity contribution in [3.63, 3.8) is 0 Å². The lowest BCUT2D eigenvalue weighted by Gasteiger charge is -2.16. The van der Waals surface area contributed by atoms with Crippen LogP contribution in [-0.4, -0.2) is 30.0 Å². The fourth-order valence-electron chi connectivity index (χ4n) is 1.71. The van der Waals surface area contributed by atoms with E-state index in [9.17, 15) is 4.79 Å². The maximum absolute atomic E-state index is 11.3. The SMILES string of the molecule is NCCN1NC(C2CC2)CC1=O. The maximum atomic E-state index is 11.3. The van der Waals surface area contributed by atoms with Crippen molar-refractivity contribution in [1.82, 2.24) is 10.4 Å². The van der Waals surface area contributed by atoms with Gasteiger partial charge in [-0.1, -0.05) is 0 Å². The van der Waals surface area contributed by atoms with Gasteiger partial charge >= 0.3 is 0 Å². The zero-order valence-corrected chi connectivity index (χ0v) is 7.12. The second kappa shape index (κ2) is 3.03. The van der Waals surface area contributed by atoms with E-state index in [4.69, 9.17) is 5.73 Å². The van der Waals surface area contributed by atoms with Gasteiger partial charge in [0.25, 0.3) is 0 Å². The maximum Gasteiger partial charge on any atom is 0.238 e. The number of hydrazine groups is 1. The van der Waals surface area contributed by atoms with Crippen LogP contribution in [0.3, 0.4) is 0 Å². The number of carbonyl (C=O) groups excluding carboxylic acids is 1. The molecule has 0 aromatic rings. The Kier molecular flexibility index (Phi) is 2.02. The van der Waals surface area contributed by atoms with Gasteiger partial charge < -0.3 is 5.73 Å². The Balaban J connectivity index is 1.88. The van der Waals surface area contributed by atoms with Gasteiger partial charge in [0.2, 0.25) is 5.91 Å². The van der Waals surface area contributed by atoms with E-state index in [0.29, 0.717) is 25.6 Å². The molecule has 12 heavy (non-hydrogen) atoms. The quantitative estimate of drug-likeness (QED) is 0.596. The van der Waals surface area contributed by atoms with Crippen molar-refractivity contribution in [2.45, 2.75) is 25.3 Å². The van der Waals surface area contributed by atoms with Crippen molar-refractivity contribution in [2.24, 2.45) is 11.7 Å². The predicted octanol–water partition coefficient (Wildman–Crippen LogP) is -0.539. The number of hydrogen-bond donors (Lipinski definition) is 2. The third kappa shape index (κ3) is 1.44. The Morgan fingerprint density at radius 2 is 2.33 bits per heavy atom. The van der Waals surface area contributed by atoms with Crippen LogP contribution in [0.4, 0.5) is 0 Å². The van der Waals surface area contributed by atoms with E-state index in [2.05, 4.69) is 5.43 Å². The number of nitrogens with two attached hydrogens (primary N) is 1. The molecule has 1 heterocycles. The van der Waals surface area contributed by atoms with Gasteiger partial charge in [0.05, 0.1) is 0 Å². The summed E-state index contributed by atoms with van der Waals surface area (Å²) in [6, 6.07) is 0.407. The molecule has 0 bridgehead atoms. The van der Waals surface area contributed by atoms with Gasteiger partial charge in [0.1, 0.15) is 0 Å². The highest BCUT2D eigenvalue weighted by molar-refractivity contribution is 5.78. The third-order valence-corrected chi connectivity index (χ3v) is 2.56. The summed E-state index contributed by atoms with van der Waals surface area (Å²) in [6.07, 6.45) is 3.23. The zero-order valence-electron chi connectivity index (χ0n) is 7.12. The van der Waals surface area contributed by atoms with Gasteiger partial charge in [-0.15, -0.1) is 0 Å². The summed E-state index contributed by atoms with van der Waals surface area (Å²) >= 11 is 0. The lowest BCUT2D eigenvalue weighted by atomic mass is 10.1. The molecule has 3 N–H and O–H groups in total. The summed E-state index contributed by atoms with van der Waals surface area (Å²) in [6.45, 7) is 1.18. The van der Waals surface area contributed by atoms with E-state index in [0.717, 1.165) is 5.92 Å². The lowest BCUT2D eigenvalue weighted by molar-refractivity contribution is -0.129. The van der Waals surface area contributed by atoms with Gasteiger partial charge in [-0.25, -0.2) is 5.43 Å². The van der Waals surface area contributed by atoms with Crippen LogP contribution in [0, 0.1) is 5.92 Å². The Hall–Kier alpha value is -0.610.